The fourth-order valence-corrected chi connectivity index (χ4v) is 2.76. The van der Waals surface area contributed by atoms with Crippen molar-refractivity contribution in [1.29, 1.82) is 0 Å². The summed E-state index contributed by atoms with van der Waals surface area (Å²) in [5, 5.41) is 3.23. The van der Waals surface area contributed by atoms with Crippen LogP contribution in [-0.2, 0) is 4.79 Å². The lowest BCUT2D eigenvalue weighted by atomic mass is 9.90. The van der Waals surface area contributed by atoms with E-state index in [9.17, 15) is 4.79 Å². The molecule has 1 amide bonds. The van der Waals surface area contributed by atoms with Crippen molar-refractivity contribution < 1.29 is 4.79 Å². The third-order valence-corrected chi connectivity index (χ3v) is 4.15. The van der Waals surface area contributed by atoms with Gasteiger partial charge in [0.1, 0.15) is 0 Å². The van der Waals surface area contributed by atoms with Crippen molar-refractivity contribution in [3.63, 3.8) is 0 Å². The van der Waals surface area contributed by atoms with Gasteiger partial charge in [-0.2, -0.15) is 0 Å². The molecule has 1 saturated carbocycles. The number of hydrogen-bond acceptors (Lipinski definition) is 2. The minimum atomic E-state index is 0.210. The van der Waals surface area contributed by atoms with Gasteiger partial charge in [-0.05, 0) is 33.6 Å². The standard InChI is InChI=1S/C14H26N2O/c1-14(2,3)16-9-11(10-16)13(17)15-12-7-5-4-6-8-12/h11-12H,4-10H2,1-3H3,(H,15,17). The maximum Gasteiger partial charge on any atom is 0.225 e. The molecule has 0 atom stereocenters. The Morgan fingerprint density at radius 1 is 1.12 bits per heavy atom. The second-order valence-corrected chi connectivity index (χ2v) is 6.62. The van der Waals surface area contributed by atoms with E-state index in [0.717, 1.165) is 13.1 Å². The molecule has 0 aromatic carbocycles. The second kappa shape index (κ2) is 4.97. The molecule has 1 saturated heterocycles. The van der Waals surface area contributed by atoms with Gasteiger partial charge < -0.3 is 5.32 Å². The third kappa shape index (κ3) is 3.21. The summed E-state index contributed by atoms with van der Waals surface area (Å²) in [6, 6.07) is 0.458. The number of amides is 1. The lowest BCUT2D eigenvalue weighted by molar-refractivity contribution is -0.133. The van der Waals surface area contributed by atoms with Crippen molar-refractivity contribution in [1.82, 2.24) is 10.2 Å². The number of carbonyl (C=O) groups is 1. The lowest BCUT2D eigenvalue weighted by Gasteiger charge is -2.47. The Kier molecular flexibility index (Phi) is 3.76. The summed E-state index contributed by atoms with van der Waals surface area (Å²) in [4.78, 5) is 14.4. The molecule has 0 unspecified atom stereocenters. The van der Waals surface area contributed by atoms with Gasteiger partial charge in [0.2, 0.25) is 5.91 Å². The van der Waals surface area contributed by atoms with Gasteiger partial charge in [0.25, 0.3) is 0 Å². The van der Waals surface area contributed by atoms with Gasteiger partial charge in [0.05, 0.1) is 5.92 Å². The zero-order valence-corrected chi connectivity index (χ0v) is 11.5. The van der Waals surface area contributed by atoms with Gasteiger partial charge in [-0.15, -0.1) is 0 Å². The van der Waals surface area contributed by atoms with E-state index in [-0.39, 0.29) is 17.4 Å². The van der Waals surface area contributed by atoms with Crippen LogP contribution in [0.3, 0.4) is 0 Å². The fourth-order valence-electron chi connectivity index (χ4n) is 2.76. The first-order valence-electron chi connectivity index (χ1n) is 7.02. The molecule has 98 valence electrons. The van der Waals surface area contributed by atoms with Gasteiger partial charge in [-0.1, -0.05) is 19.3 Å². The molecule has 3 nitrogen and oxygen atoms in total. The van der Waals surface area contributed by atoms with Crippen LogP contribution in [0.25, 0.3) is 0 Å². The molecule has 2 rings (SSSR count). The molecular formula is C14H26N2O. The van der Waals surface area contributed by atoms with Crippen LogP contribution >= 0.6 is 0 Å². The maximum absolute atomic E-state index is 12.0. The molecule has 0 aromatic heterocycles. The van der Waals surface area contributed by atoms with E-state index < -0.39 is 0 Å². The number of likely N-dealkylation sites (tertiary alicyclic amines) is 1. The molecular weight excluding hydrogens is 212 g/mol. The first-order chi connectivity index (χ1) is 7.97. The summed E-state index contributed by atoms with van der Waals surface area (Å²) in [5.41, 5.74) is 0.210. The smallest absolute Gasteiger partial charge is 0.225 e. The van der Waals surface area contributed by atoms with E-state index in [1.165, 1.54) is 32.1 Å². The van der Waals surface area contributed by atoms with Crippen molar-refractivity contribution in [3.8, 4) is 0 Å². The van der Waals surface area contributed by atoms with Crippen LogP contribution in [0.4, 0.5) is 0 Å². The Hall–Kier alpha value is -0.570. The summed E-state index contributed by atoms with van der Waals surface area (Å²) >= 11 is 0. The van der Waals surface area contributed by atoms with Crippen molar-refractivity contribution in [2.45, 2.75) is 64.5 Å². The lowest BCUT2D eigenvalue weighted by Crippen LogP contribution is -2.60. The quantitative estimate of drug-likeness (QED) is 0.799. The van der Waals surface area contributed by atoms with Crippen LogP contribution in [-0.4, -0.2) is 35.5 Å². The Morgan fingerprint density at radius 2 is 1.71 bits per heavy atom. The highest BCUT2D eigenvalue weighted by Gasteiger charge is 2.38. The largest absolute Gasteiger partial charge is 0.353 e. The highest BCUT2D eigenvalue weighted by atomic mass is 16.2. The molecule has 0 radical (unpaired) electrons. The molecule has 17 heavy (non-hydrogen) atoms. The minimum Gasteiger partial charge on any atom is -0.353 e. The molecule has 2 aliphatic rings. The minimum absolute atomic E-state index is 0.210. The van der Waals surface area contributed by atoms with Crippen LogP contribution in [0.15, 0.2) is 0 Å². The van der Waals surface area contributed by atoms with Gasteiger partial charge >= 0.3 is 0 Å². The van der Waals surface area contributed by atoms with Crippen molar-refractivity contribution >= 4 is 5.91 Å². The molecule has 1 aliphatic heterocycles. The van der Waals surface area contributed by atoms with E-state index in [0.29, 0.717) is 6.04 Å². The monoisotopic (exact) mass is 238 g/mol. The third-order valence-electron chi connectivity index (χ3n) is 4.15. The SMILES string of the molecule is CC(C)(C)N1CC(C(=O)NC2CCCCC2)C1. The van der Waals surface area contributed by atoms with E-state index in [1.54, 1.807) is 0 Å². The normalized spacial score (nSPS) is 24.4. The van der Waals surface area contributed by atoms with Crippen LogP contribution in [0, 0.1) is 5.92 Å². The van der Waals surface area contributed by atoms with Gasteiger partial charge in [0, 0.05) is 24.7 Å². The summed E-state index contributed by atoms with van der Waals surface area (Å²) in [6.07, 6.45) is 6.27. The van der Waals surface area contributed by atoms with E-state index in [2.05, 4.69) is 31.0 Å². The van der Waals surface area contributed by atoms with Crippen molar-refractivity contribution in [2.75, 3.05) is 13.1 Å². The fraction of sp³-hybridized carbons (Fsp3) is 0.929. The van der Waals surface area contributed by atoms with Crippen molar-refractivity contribution in [3.05, 3.63) is 0 Å². The molecule has 2 fully saturated rings. The van der Waals surface area contributed by atoms with E-state index >= 15 is 0 Å². The Labute approximate surface area is 105 Å². The van der Waals surface area contributed by atoms with Crippen LogP contribution in [0.5, 0.6) is 0 Å². The Morgan fingerprint density at radius 3 is 2.24 bits per heavy atom. The average Bonchev–Trinajstić information content (AvgIpc) is 2.14. The molecule has 3 heteroatoms. The highest BCUT2D eigenvalue weighted by Crippen LogP contribution is 2.26. The Balaban J connectivity index is 1.72. The molecule has 0 aromatic rings. The molecule has 1 N–H and O–H groups in total. The number of rotatable bonds is 2. The molecule has 0 spiro atoms. The topological polar surface area (TPSA) is 32.3 Å². The predicted molar refractivity (Wildman–Crippen MR) is 69.8 cm³/mol. The summed E-state index contributed by atoms with van der Waals surface area (Å²) in [7, 11) is 0. The number of nitrogens with zero attached hydrogens (tertiary/aromatic N) is 1. The van der Waals surface area contributed by atoms with Gasteiger partial charge in [0.15, 0.2) is 0 Å². The summed E-state index contributed by atoms with van der Waals surface area (Å²) in [6.45, 7) is 8.50. The van der Waals surface area contributed by atoms with Gasteiger partial charge in [-0.3, -0.25) is 9.69 Å². The zero-order chi connectivity index (χ0) is 12.5. The number of carbonyl (C=O) groups excluding carboxylic acids is 1. The summed E-state index contributed by atoms with van der Waals surface area (Å²) < 4.78 is 0. The molecule has 1 heterocycles. The summed E-state index contributed by atoms with van der Waals surface area (Å²) in [5.74, 6) is 0.522. The van der Waals surface area contributed by atoms with Gasteiger partial charge in [-0.25, -0.2) is 0 Å². The maximum atomic E-state index is 12.0. The number of hydrogen-bond donors (Lipinski definition) is 1. The first kappa shape index (κ1) is 12.9. The second-order valence-electron chi connectivity index (χ2n) is 6.62. The Bertz CT molecular complexity index is 270. The zero-order valence-electron chi connectivity index (χ0n) is 11.5. The average molecular weight is 238 g/mol. The molecule has 1 aliphatic carbocycles. The predicted octanol–water partition coefficient (Wildman–Crippen LogP) is 2.17. The van der Waals surface area contributed by atoms with E-state index in [1.807, 2.05) is 0 Å². The molecule has 0 bridgehead atoms. The van der Waals surface area contributed by atoms with Crippen LogP contribution < -0.4 is 5.32 Å². The first-order valence-corrected chi connectivity index (χ1v) is 7.02. The number of nitrogens with one attached hydrogen (secondary N) is 1. The van der Waals surface area contributed by atoms with Crippen LogP contribution in [0.1, 0.15) is 52.9 Å². The highest BCUT2D eigenvalue weighted by molar-refractivity contribution is 5.80. The van der Waals surface area contributed by atoms with E-state index in [4.69, 9.17) is 0 Å². The van der Waals surface area contributed by atoms with Crippen LogP contribution in [0.2, 0.25) is 0 Å². The van der Waals surface area contributed by atoms with Crippen molar-refractivity contribution in [2.24, 2.45) is 5.92 Å².